The Labute approximate surface area is 133 Å². The van der Waals surface area contributed by atoms with E-state index in [1.54, 1.807) is 6.20 Å². The zero-order chi connectivity index (χ0) is 16.0. The van der Waals surface area contributed by atoms with Crippen molar-refractivity contribution in [2.45, 2.75) is 38.0 Å². The van der Waals surface area contributed by atoms with Gasteiger partial charge in [-0.2, -0.15) is 0 Å². The maximum absolute atomic E-state index is 12.5. The van der Waals surface area contributed by atoms with Gasteiger partial charge in [-0.25, -0.2) is 0 Å². The molecule has 1 atom stereocenters. The standard InChI is InChI=1S/C18H18N2O3/c1-12-18(8-9-18)19-17(22)15-16(14(21)7-10-20(12)15)23-11-13-5-3-2-4-6-13/h2-7,10,12H,8-9,11H2,1H3,(H,19,22)/t12-/m0/s1. The smallest absolute Gasteiger partial charge is 0.272 e. The molecule has 2 aromatic rings. The summed E-state index contributed by atoms with van der Waals surface area (Å²) in [4.78, 5) is 24.7. The molecule has 2 heterocycles. The van der Waals surface area contributed by atoms with Crippen molar-refractivity contribution in [3.05, 3.63) is 64.1 Å². The molecule has 0 bridgehead atoms. The molecule has 1 aromatic carbocycles. The number of aromatic nitrogens is 1. The second-order valence-corrected chi connectivity index (χ2v) is 6.33. The summed E-state index contributed by atoms with van der Waals surface area (Å²) in [6.07, 6.45) is 3.66. The van der Waals surface area contributed by atoms with Crippen LogP contribution in [0.25, 0.3) is 0 Å². The molecule has 5 nitrogen and oxygen atoms in total. The van der Waals surface area contributed by atoms with Gasteiger partial charge in [0, 0.05) is 12.3 Å². The van der Waals surface area contributed by atoms with Gasteiger partial charge in [-0.1, -0.05) is 30.3 Å². The Morgan fingerprint density at radius 3 is 2.65 bits per heavy atom. The Morgan fingerprint density at radius 1 is 1.22 bits per heavy atom. The molecule has 1 aromatic heterocycles. The third-order valence-electron chi connectivity index (χ3n) is 4.89. The van der Waals surface area contributed by atoms with Crippen molar-refractivity contribution in [1.82, 2.24) is 9.88 Å². The highest BCUT2D eigenvalue weighted by Crippen LogP contribution is 2.47. The van der Waals surface area contributed by atoms with Gasteiger partial charge in [-0.15, -0.1) is 0 Å². The van der Waals surface area contributed by atoms with Crippen LogP contribution in [0.2, 0.25) is 0 Å². The lowest BCUT2D eigenvalue weighted by molar-refractivity contribution is 0.0860. The molecule has 1 N–H and O–H groups in total. The number of carbonyl (C=O) groups is 1. The van der Waals surface area contributed by atoms with E-state index in [9.17, 15) is 9.59 Å². The highest BCUT2D eigenvalue weighted by Gasteiger charge is 2.53. The molecule has 1 fully saturated rings. The quantitative estimate of drug-likeness (QED) is 0.946. The van der Waals surface area contributed by atoms with Crippen molar-refractivity contribution in [3.8, 4) is 5.75 Å². The van der Waals surface area contributed by atoms with E-state index < -0.39 is 0 Å². The minimum Gasteiger partial charge on any atom is -0.483 e. The van der Waals surface area contributed by atoms with Crippen LogP contribution < -0.4 is 15.5 Å². The molecule has 4 rings (SSSR count). The Bertz CT molecular complexity index is 822. The van der Waals surface area contributed by atoms with E-state index in [4.69, 9.17) is 4.74 Å². The number of benzene rings is 1. The van der Waals surface area contributed by atoms with Crippen molar-refractivity contribution in [1.29, 1.82) is 0 Å². The number of nitrogens with zero attached hydrogens (tertiary/aromatic N) is 1. The topological polar surface area (TPSA) is 60.3 Å². The summed E-state index contributed by atoms with van der Waals surface area (Å²) in [5.74, 6) is -0.0856. The molecule has 1 amide bonds. The van der Waals surface area contributed by atoms with Gasteiger partial charge >= 0.3 is 0 Å². The van der Waals surface area contributed by atoms with Crippen molar-refractivity contribution < 1.29 is 9.53 Å². The minimum atomic E-state index is -0.263. The molecule has 1 aliphatic heterocycles. The van der Waals surface area contributed by atoms with Gasteiger partial charge in [0.05, 0.1) is 11.6 Å². The molecular weight excluding hydrogens is 292 g/mol. The van der Waals surface area contributed by atoms with Crippen molar-refractivity contribution >= 4 is 5.91 Å². The largest absolute Gasteiger partial charge is 0.483 e. The maximum atomic E-state index is 12.5. The second kappa shape index (κ2) is 4.98. The van der Waals surface area contributed by atoms with Crippen LogP contribution in [-0.4, -0.2) is 16.0 Å². The van der Waals surface area contributed by atoms with Crippen LogP contribution in [0.15, 0.2) is 47.4 Å². The summed E-state index contributed by atoms with van der Waals surface area (Å²) in [5.41, 5.74) is 0.882. The zero-order valence-corrected chi connectivity index (χ0v) is 12.9. The number of ether oxygens (including phenoxy) is 1. The van der Waals surface area contributed by atoms with Crippen LogP contribution in [-0.2, 0) is 6.61 Å². The van der Waals surface area contributed by atoms with Crippen molar-refractivity contribution in [3.63, 3.8) is 0 Å². The maximum Gasteiger partial charge on any atom is 0.272 e. The van der Waals surface area contributed by atoms with E-state index in [-0.39, 0.29) is 35.3 Å². The second-order valence-electron chi connectivity index (χ2n) is 6.33. The normalized spacial score (nSPS) is 20.7. The van der Waals surface area contributed by atoms with Crippen LogP contribution in [0.5, 0.6) is 5.75 Å². The molecular formula is C18H18N2O3. The predicted octanol–water partition coefficient (Wildman–Crippen LogP) is 2.26. The Hall–Kier alpha value is -2.56. The Kier molecular flexibility index (Phi) is 3.04. The van der Waals surface area contributed by atoms with Crippen LogP contribution in [0, 0.1) is 0 Å². The summed E-state index contributed by atoms with van der Waals surface area (Å²) in [7, 11) is 0. The lowest BCUT2D eigenvalue weighted by atomic mass is 10.0. The first-order valence-electron chi connectivity index (χ1n) is 7.85. The SMILES string of the molecule is C[C@@H]1n2ccc(=O)c(OCc3ccccc3)c2C(=O)NC12CC2. The molecule has 0 unspecified atom stereocenters. The van der Waals surface area contributed by atoms with Crippen LogP contribution in [0.4, 0.5) is 0 Å². The molecule has 0 radical (unpaired) electrons. The third-order valence-corrected chi connectivity index (χ3v) is 4.89. The number of hydrogen-bond donors (Lipinski definition) is 1. The summed E-state index contributed by atoms with van der Waals surface area (Å²) in [6, 6.07) is 11.2. The molecule has 1 saturated carbocycles. The number of fused-ring (bicyclic) bond motifs is 1. The van der Waals surface area contributed by atoms with Gasteiger partial charge in [-0.05, 0) is 25.3 Å². The van der Waals surface area contributed by atoms with Crippen LogP contribution in [0.1, 0.15) is 41.9 Å². The highest BCUT2D eigenvalue weighted by molar-refractivity contribution is 5.97. The van der Waals surface area contributed by atoms with Gasteiger partial charge in [-0.3, -0.25) is 9.59 Å². The zero-order valence-electron chi connectivity index (χ0n) is 12.9. The van der Waals surface area contributed by atoms with E-state index in [2.05, 4.69) is 12.2 Å². The first-order valence-corrected chi connectivity index (χ1v) is 7.85. The molecule has 118 valence electrons. The Balaban J connectivity index is 1.72. The molecule has 1 aliphatic carbocycles. The highest BCUT2D eigenvalue weighted by atomic mass is 16.5. The Morgan fingerprint density at radius 2 is 1.96 bits per heavy atom. The average Bonchev–Trinajstić information content (AvgIpc) is 3.33. The molecule has 23 heavy (non-hydrogen) atoms. The van der Waals surface area contributed by atoms with E-state index in [0.29, 0.717) is 5.69 Å². The lowest BCUT2D eigenvalue weighted by Gasteiger charge is -2.34. The first-order chi connectivity index (χ1) is 11.1. The number of carbonyl (C=O) groups excluding carboxylic acids is 1. The van der Waals surface area contributed by atoms with Gasteiger partial charge in [0.2, 0.25) is 5.43 Å². The van der Waals surface area contributed by atoms with Crippen molar-refractivity contribution in [2.24, 2.45) is 0 Å². The monoisotopic (exact) mass is 310 g/mol. The fourth-order valence-corrected chi connectivity index (χ4v) is 3.28. The first kappa shape index (κ1) is 14.1. The van der Waals surface area contributed by atoms with Gasteiger partial charge in [0.25, 0.3) is 5.91 Å². The van der Waals surface area contributed by atoms with Crippen LogP contribution >= 0.6 is 0 Å². The number of nitrogens with one attached hydrogen (secondary N) is 1. The molecule has 1 spiro atoms. The third kappa shape index (κ3) is 2.23. The number of amides is 1. The number of hydrogen-bond acceptors (Lipinski definition) is 3. The van der Waals surface area contributed by atoms with Gasteiger partial charge in [0.15, 0.2) is 11.4 Å². The lowest BCUT2D eigenvalue weighted by Crippen LogP contribution is -2.49. The van der Waals surface area contributed by atoms with Crippen molar-refractivity contribution in [2.75, 3.05) is 0 Å². The molecule has 0 saturated heterocycles. The van der Waals surface area contributed by atoms with E-state index in [1.165, 1.54) is 6.07 Å². The molecule has 5 heteroatoms. The number of rotatable bonds is 3. The summed E-state index contributed by atoms with van der Waals surface area (Å²) in [5, 5.41) is 3.06. The summed E-state index contributed by atoms with van der Waals surface area (Å²) < 4.78 is 7.62. The fraction of sp³-hybridized carbons (Fsp3) is 0.333. The van der Waals surface area contributed by atoms with E-state index >= 15 is 0 Å². The van der Waals surface area contributed by atoms with Gasteiger partial charge < -0.3 is 14.6 Å². The molecule has 2 aliphatic rings. The average molecular weight is 310 g/mol. The number of pyridine rings is 1. The fourth-order valence-electron chi connectivity index (χ4n) is 3.28. The summed E-state index contributed by atoms with van der Waals surface area (Å²) in [6.45, 7) is 2.33. The van der Waals surface area contributed by atoms with Gasteiger partial charge in [0.1, 0.15) is 6.61 Å². The predicted molar refractivity (Wildman–Crippen MR) is 85.6 cm³/mol. The van der Waals surface area contributed by atoms with E-state index in [0.717, 1.165) is 18.4 Å². The summed E-state index contributed by atoms with van der Waals surface area (Å²) >= 11 is 0. The van der Waals surface area contributed by atoms with E-state index in [1.807, 2.05) is 34.9 Å². The van der Waals surface area contributed by atoms with Crippen LogP contribution in [0.3, 0.4) is 0 Å². The minimum absolute atomic E-state index is 0.120.